The van der Waals surface area contributed by atoms with Crippen molar-refractivity contribution in [1.82, 2.24) is 10.2 Å². The number of fused-ring (bicyclic) bond motifs is 3. The molecule has 3 aromatic rings. The van der Waals surface area contributed by atoms with E-state index in [1.807, 2.05) is 54.6 Å². The SMILES string of the molecule is COc1cc(COc2cccc(C(NC(=O)O[C@H]3CN4CCC3CC4)c3ccccc3)c2)ccc1C(=O)O. The Morgan fingerprint density at radius 2 is 1.76 bits per heavy atom. The van der Waals surface area contributed by atoms with Crippen molar-refractivity contribution in [2.75, 3.05) is 26.7 Å². The molecule has 3 aliphatic rings. The van der Waals surface area contributed by atoms with Crippen LogP contribution < -0.4 is 14.8 Å². The summed E-state index contributed by atoms with van der Waals surface area (Å²) < 4.78 is 17.1. The highest BCUT2D eigenvalue weighted by Gasteiger charge is 2.36. The van der Waals surface area contributed by atoms with Crippen LogP contribution in [0.2, 0.25) is 0 Å². The van der Waals surface area contributed by atoms with Gasteiger partial charge in [0.1, 0.15) is 29.8 Å². The summed E-state index contributed by atoms with van der Waals surface area (Å²) in [5, 5.41) is 12.4. The van der Waals surface area contributed by atoms with Gasteiger partial charge >= 0.3 is 12.1 Å². The van der Waals surface area contributed by atoms with Crippen LogP contribution in [0.25, 0.3) is 0 Å². The van der Waals surface area contributed by atoms with Gasteiger partial charge in [0.2, 0.25) is 0 Å². The molecule has 8 nitrogen and oxygen atoms in total. The van der Waals surface area contributed by atoms with Crippen molar-refractivity contribution in [3.8, 4) is 11.5 Å². The second kappa shape index (κ2) is 11.6. The van der Waals surface area contributed by atoms with E-state index >= 15 is 0 Å². The molecule has 3 heterocycles. The van der Waals surface area contributed by atoms with E-state index in [4.69, 9.17) is 14.2 Å². The minimum atomic E-state index is -1.05. The third-order valence-corrected chi connectivity index (χ3v) is 7.34. The first-order valence-electron chi connectivity index (χ1n) is 12.9. The highest BCUT2D eigenvalue weighted by atomic mass is 16.6. The molecule has 0 radical (unpaired) electrons. The first kappa shape index (κ1) is 25.6. The minimum Gasteiger partial charge on any atom is -0.496 e. The smallest absolute Gasteiger partial charge is 0.408 e. The van der Waals surface area contributed by atoms with Crippen LogP contribution in [0, 0.1) is 5.92 Å². The van der Waals surface area contributed by atoms with Crippen LogP contribution in [-0.4, -0.2) is 54.9 Å². The number of hydrogen-bond acceptors (Lipinski definition) is 6. The monoisotopic (exact) mass is 516 g/mol. The van der Waals surface area contributed by atoms with E-state index in [9.17, 15) is 14.7 Å². The Kier molecular flexibility index (Phi) is 7.79. The van der Waals surface area contributed by atoms with E-state index in [1.54, 1.807) is 12.1 Å². The number of rotatable bonds is 9. The fourth-order valence-electron chi connectivity index (χ4n) is 5.29. The number of carboxylic acids is 1. The number of amides is 1. The van der Waals surface area contributed by atoms with Crippen molar-refractivity contribution < 1.29 is 28.9 Å². The Morgan fingerprint density at radius 3 is 2.45 bits per heavy atom. The van der Waals surface area contributed by atoms with Crippen LogP contribution >= 0.6 is 0 Å². The predicted molar refractivity (Wildman–Crippen MR) is 142 cm³/mol. The lowest BCUT2D eigenvalue weighted by molar-refractivity contribution is -0.0336. The molecule has 1 unspecified atom stereocenters. The lowest BCUT2D eigenvalue weighted by atomic mass is 9.86. The lowest BCUT2D eigenvalue weighted by Gasteiger charge is -2.43. The zero-order chi connectivity index (χ0) is 26.5. The molecule has 0 aliphatic carbocycles. The second-order valence-corrected chi connectivity index (χ2v) is 9.77. The molecule has 6 rings (SSSR count). The molecular weight excluding hydrogens is 484 g/mol. The van der Waals surface area contributed by atoms with E-state index in [1.165, 1.54) is 13.2 Å². The Balaban J connectivity index is 1.30. The van der Waals surface area contributed by atoms with Crippen molar-refractivity contribution in [3.05, 3.63) is 95.1 Å². The molecule has 8 heteroatoms. The highest BCUT2D eigenvalue weighted by Crippen LogP contribution is 2.31. The molecule has 1 amide bonds. The van der Waals surface area contributed by atoms with Crippen LogP contribution in [0.5, 0.6) is 11.5 Å². The number of nitrogens with zero attached hydrogens (tertiary/aromatic N) is 1. The number of benzene rings is 3. The number of ether oxygens (including phenoxy) is 3. The number of alkyl carbamates (subject to hydrolysis) is 1. The summed E-state index contributed by atoms with van der Waals surface area (Å²) >= 11 is 0. The van der Waals surface area contributed by atoms with E-state index < -0.39 is 18.1 Å². The van der Waals surface area contributed by atoms with Crippen molar-refractivity contribution >= 4 is 12.1 Å². The summed E-state index contributed by atoms with van der Waals surface area (Å²) in [7, 11) is 1.44. The molecule has 38 heavy (non-hydrogen) atoms. The van der Waals surface area contributed by atoms with E-state index in [0.29, 0.717) is 11.7 Å². The Morgan fingerprint density at radius 1 is 1.00 bits per heavy atom. The van der Waals surface area contributed by atoms with Gasteiger partial charge < -0.3 is 24.6 Å². The molecule has 198 valence electrons. The van der Waals surface area contributed by atoms with Gasteiger partial charge in [-0.2, -0.15) is 0 Å². The second-order valence-electron chi connectivity index (χ2n) is 9.77. The molecule has 3 aliphatic heterocycles. The number of nitrogens with one attached hydrogen (secondary N) is 1. The van der Waals surface area contributed by atoms with Gasteiger partial charge in [-0.25, -0.2) is 9.59 Å². The van der Waals surface area contributed by atoms with Crippen molar-refractivity contribution in [1.29, 1.82) is 0 Å². The summed E-state index contributed by atoms with van der Waals surface area (Å²) in [6, 6.07) is 21.8. The number of carbonyl (C=O) groups is 2. The van der Waals surface area contributed by atoms with Gasteiger partial charge in [-0.05, 0) is 72.8 Å². The van der Waals surface area contributed by atoms with Crippen LogP contribution in [0.3, 0.4) is 0 Å². The number of carboxylic acid groups (broad SMARTS) is 1. The topological polar surface area (TPSA) is 97.3 Å². The van der Waals surface area contributed by atoms with Gasteiger partial charge in [-0.1, -0.05) is 48.5 Å². The molecule has 2 bridgehead atoms. The standard InChI is InChI=1S/C30H32N2O6/c1-36-26-16-20(10-11-25(26)29(33)34)19-37-24-9-5-8-23(17-24)28(22-6-3-2-4-7-22)31-30(35)38-27-18-32-14-12-21(27)13-15-32/h2-11,16-17,21,27-28H,12-15,18-19H2,1H3,(H,31,35)(H,33,34)/t27-,28?/m0/s1. The quantitative estimate of drug-likeness (QED) is 0.418. The Labute approximate surface area is 222 Å². The van der Waals surface area contributed by atoms with Crippen molar-refractivity contribution in [3.63, 3.8) is 0 Å². The van der Waals surface area contributed by atoms with E-state index in [0.717, 1.165) is 49.2 Å². The van der Waals surface area contributed by atoms with E-state index in [-0.39, 0.29) is 24.0 Å². The summed E-state index contributed by atoms with van der Waals surface area (Å²) in [6.45, 7) is 3.20. The van der Waals surface area contributed by atoms with Crippen LogP contribution in [0.15, 0.2) is 72.8 Å². The maximum absolute atomic E-state index is 13.0. The molecular formula is C30H32N2O6. The molecule has 3 fully saturated rings. The van der Waals surface area contributed by atoms with Gasteiger partial charge in [0.15, 0.2) is 0 Å². The van der Waals surface area contributed by atoms with Crippen LogP contribution in [-0.2, 0) is 11.3 Å². The largest absolute Gasteiger partial charge is 0.496 e. The molecule has 2 atom stereocenters. The number of carbonyl (C=O) groups excluding carboxylic acids is 1. The average molecular weight is 517 g/mol. The maximum Gasteiger partial charge on any atom is 0.408 e. The van der Waals surface area contributed by atoms with Crippen LogP contribution in [0.4, 0.5) is 4.79 Å². The molecule has 3 aromatic carbocycles. The number of aromatic carboxylic acids is 1. The van der Waals surface area contributed by atoms with Crippen molar-refractivity contribution in [2.24, 2.45) is 5.92 Å². The van der Waals surface area contributed by atoms with Gasteiger partial charge in [-0.15, -0.1) is 0 Å². The first-order valence-corrected chi connectivity index (χ1v) is 12.9. The number of piperidine rings is 3. The Hall–Kier alpha value is -4.04. The van der Waals surface area contributed by atoms with Crippen molar-refractivity contribution in [2.45, 2.75) is 31.6 Å². The van der Waals surface area contributed by atoms with Gasteiger partial charge in [0, 0.05) is 6.54 Å². The molecule has 0 saturated carbocycles. The van der Waals surface area contributed by atoms with Gasteiger partial charge in [0.05, 0.1) is 13.2 Å². The van der Waals surface area contributed by atoms with Gasteiger partial charge in [-0.3, -0.25) is 4.90 Å². The normalized spacial score (nSPS) is 20.8. The third kappa shape index (κ3) is 5.92. The average Bonchev–Trinajstić information content (AvgIpc) is 2.96. The summed E-state index contributed by atoms with van der Waals surface area (Å²) in [6.07, 6.45) is 1.65. The zero-order valence-corrected chi connectivity index (χ0v) is 21.3. The molecule has 3 saturated heterocycles. The maximum atomic E-state index is 13.0. The fourth-order valence-corrected chi connectivity index (χ4v) is 5.29. The first-order chi connectivity index (χ1) is 18.5. The fraction of sp³-hybridized carbons (Fsp3) is 0.333. The summed E-state index contributed by atoms with van der Waals surface area (Å²) in [5.74, 6) is 0.286. The summed E-state index contributed by atoms with van der Waals surface area (Å²) in [4.78, 5) is 26.8. The summed E-state index contributed by atoms with van der Waals surface area (Å²) in [5.41, 5.74) is 2.67. The van der Waals surface area contributed by atoms with E-state index in [2.05, 4.69) is 10.2 Å². The van der Waals surface area contributed by atoms with Crippen LogP contribution in [0.1, 0.15) is 45.9 Å². The highest BCUT2D eigenvalue weighted by molar-refractivity contribution is 5.91. The zero-order valence-electron chi connectivity index (χ0n) is 21.3. The lowest BCUT2D eigenvalue weighted by Crippen LogP contribution is -2.52. The molecule has 0 aromatic heterocycles. The Bertz CT molecular complexity index is 1270. The predicted octanol–water partition coefficient (Wildman–Crippen LogP) is 4.88. The number of hydrogen-bond donors (Lipinski definition) is 2. The number of methoxy groups -OCH3 is 1. The molecule has 2 N–H and O–H groups in total. The van der Waals surface area contributed by atoms with Gasteiger partial charge in [0.25, 0.3) is 0 Å². The molecule has 0 spiro atoms. The minimum absolute atomic E-state index is 0.0758. The third-order valence-electron chi connectivity index (χ3n) is 7.34.